The van der Waals surface area contributed by atoms with E-state index in [0.717, 1.165) is 105 Å². The predicted molar refractivity (Wildman–Crippen MR) is 281 cm³/mol. The van der Waals surface area contributed by atoms with Crippen LogP contribution in [0, 0.1) is 0 Å². The van der Waals surface area contributed by atoms with Crippen molar-refractivity contribution in [2.24, 2.45) is 0 Å². The van der Waals surface area contributed by atoms with Gasteiger partial charge in [0.2, 0.25) is 5.95 Å². The van der Waals surface area contributed by atoms with Gasteiger partial charge in [-0.1, -0.05) is 231 Å². The number of nitrogens with zero attached hydrogens (tertiary/aromatic N) is 5. The van der Waals surface area contributed by atoms with Gasteiger partial charge in [-0.05, 0) is 57.1 Å². The van der Waals surface area contributed by atoms with Crippen molar-refractivity contribution in [3.63, 3.8) is 0 Å². The van der Waals surface area contributed by atoms with Crippen molar-refractivity contribution >= 4 is 43.6 Å². The van der Waals surface area contributed by atoms with E-state index >= 15 is 0 Å². The minimum Gasteiger partial charge on any atom is -0.307 e. The highest BCUT2D eigenvalue weighted by Crippen LogP contribution is 2.44. The number of benzene rings is 10. The molecular weight excluding hydrogens is 827 g/mol. The van der Waals surface area contributed by atoms with Crippen molar-refractivity contribution in [1.82, 2.24) is 24.1 Å². The SMILES string of the molecule is c1ccc(-c2ccc(-c3nc(-c4ccccc4-c4ccccc4)nc(-n4c5ccccc5c5ccc6c7ccccc7n(-c7cc(-c8ccccc8)ccc7-c7ccccc7)c6c54)n3)cc2)cc1. The van der Waals surface area contributed by atoms with Crippen LogP contribution >= 0.6 is 0 Å². The van der Waals surface area contributed by atoms with Crippen molar-refractivity contribution < 1.29 is 0 Å². The van der Waals surface area contributed by atoms with Crippen LogP contribution in [-0.4, -0.2) is 24.1 Å². The Morgan fingerprint density at radius 1 is 0.250 bits per heavy atom. The van der Waals surface area contributed by atoms with Gasteiger partial charge in [0.15, 0.2) is 11.6 Å². The van der Waals surface area contributed by atoms with Crippen molar-refractivity contribution in [3.05, 3.63) is 249 Å². The fraction of sp³-hybridized carbons (Fsp3) is 0. The van der Waals surface area contributed by atoms with E-state index in [0.29, 0.717) is 17.6 Å². The van der Waals surface area contributed by atoms with Crippen LogP contribution in [0.5, 0.6) is 0 Å². The summed E-state index contributed by atoms with van der Waals surface area (Å²) in [6, 6.07) is 88.2. The predicted octanol–water partition coefficient (Wildman–Crippen LogP) is 16.1. The van der Waals surface area contributed by atoms with Gasteiger partial charge in [-0.25, -0.2) is 4.98 Å². The topological polar surface area (TPSA) is 48.5 Å². The first-order valence-corrected chi connectivity index (χ1v) is 23.0. The smallest absolute Gasteiger partial charge is 0.238 e. The molecule has 0 spiro atoms. The number of aromatic nitrogens is 5. The van der Waals surface area contributed by atoms with Crippen LogP contribution in [0.4, 0.5) is 0 Å². The molecule has 318 valence electrons. The summed E-state index contributed by atoms with van der Waals surface area (Å²) in [7, 11) is 0. The summed E-state index contributed by atoms with van der Waals surface area (Å²) in [6.07, 6.45) is 0. The lowest BCUT2D eigenvalue weighted by molar-refractivity contribution is 0.953. The van der Waals surface area contributed by atoms with Gasteiger partial charge in [0, 0.05) is 38.2 Å². The van der Waals surface area contributed by atoms with Crippen LogP contribution in [0.1, 0.15) is 0 Å². The Labute approximate surface area is 393 Å². The summed E-state index contributed by atoms with van der Waals surface area (Å²) in [5.74, 6) is 1.72. The Morgan fingerprint density at radius 2 is 0.676 bits per heavy atom. The Balaban J connectivity index is 1.14. The quantitative estimate of drug-likeness (QED) is 0.153. The molecule has 0 unspecified atom stereocenters. The second-order valence-electron chi connectivity index (χ2n) is 17.2. The zero-order chi connectivity index (χ0) is 45.0. The molecule has 0 aliphatic rings. The van der Waals surface area contributed by atoms with Crippen molar-refractivity contribution in [1.29, 1.82) is 0 Å². The summed E-state index contributed by atoms with van der Waals surface area (Å²) in [5, 5.41) is 4.53. The molecule has 0 saturated heterocycles. The minimum atomic E-state index is 0.539. The molecule has 13 rings (SSSR count). The highest BCUT2D eigenvalue weighted by atomic mass is 15.2. The largest absolute Gasteiger partial charge is 0.307 e. The average Bonchev–Trinajstić information content (AvgIpc) is 3.95. The standard InChI is InChI=1S/C63H41N5/c1-5-19-42(20-6-1)44-33-35-47(36-34-44)61-64-62(55-30-14-13-27-49(55)45-23-9-3-10-24-45)66-63(65-61)68-57-32-18-16-29-52(57)54-40-39-53-51-28-15-17-31-56(51)67(59(53)60(54)68)58-41-48(43-21-7-2-8-22-43)37-38-50(58)46-25-11-4-12-26-46/h1-41H. The molecule has 3 heterocycles. The molecule has 68 heavy (non-hydrogen) atoms. The van der Waals surface area contributed by atoms with E-state index in [1.807, 2.05) is 12.1 Å². The molecule has 3 aromatic heterocycles. The van der Waals surface area contributed by atoms with E-state index in [1.165, 1.54) is 0 Å². The summed E-state index contributed by atoms with van der Waals surface area (Å²) in [6.45, 7) is 0. The molecule has 0 fully saturated rings. The van der Waals surface area contributed by atoms with Crippen LogP contribution in [0.2, 0.25) is 0 Å². The Hall–Kier alpha value is -9.19. The lowest BCUT2D eigenvalue weighted by atomic mass is 9.98. The summed E-state index contributed by atoms with van der Waals surface area (Å²) < 4.78 is 4.76. The summed E-state index contributed by atoms with van der Waals surface area (Å²) >= 11 is 0. The molecule has 5 nitrogen and oxygen atoms in total. The number of hydrogen-bond donors (Lipinski definition) is 0. The Kier molecular flexibility index (Phi) is 9.43. The molecule has 0 aliphatic heterocycles. The van der Waals surface area contributed by atoms with E-state index in [1.54, 1.807) is 0 Å². The van der Waals surface area contributed by atoms with E-state index in [4.69, 9.17) is 15.0 Å². The maximum absolute atomic E-state index is 5.54. The van der Waals surface area contributed by atoms with Gasteiger partial charge in [0.1, 0.15) is 0 Å². The third kappa shape index (κ3) is 6.59. The Morgan fingerprint density at radius 3 is 1.29 bits per heavy atom. The summed E-state index contributed by atoms with van der Waals surface area (Å²) in [5.41, 5.74) is 16.1. The molecule has 13 aromatic rings. The lowest BCUT2D eigenvalue weighted by Gasteiger charge is -2.18. The second-order valence-corrected chi connectivity index (χ2v) is 17.2. The van der Waals surface area contributed by atoms with Gasteiger partial charge in [-0.3, -0.25) is 4.57 Å². The van der Waals surface area contributed by atoms with Crippen LogP contribution in [-0.2, 0) is 0 Å². The monoisotopic (exact) mass is 867 g/mol. The van der Waals surface area contributed by atoms with Crippen LogP contribution in [0.25, 0.3) is 123 Å². The first kappa shape index (κ1) is 39.2. The number of para-hydroxylation sites is 2. The van der Waals surface area contributed by atoms with Crippen LogP contribution < -0.4 is 0 Å². The lowest BCUT2D eigenvalue weighted by Crippen LogP contribution is -2.08. The van der Waals surface area contributed by atoms with Crippen LogP contribution in [0.3, 0.4) is 0 Å². The number of fused-ring (bicyclic) bond motifs is 7. The van der Waals surface area contributed by atoms with Crippen molar-refractivity contribution in [2.75, 3.05) is 0 Å². The molecule has 0 atom stereocenters. The minimum absolute atomic E-state index is 0.539. The third-order valence-corrected chi connectivity index (χ3v) is 13.2. The van der Waals surface area contributed by atoms with E-state index in [9.17, 15) is 0 Å². The van der Waals surface area contributed by atoms with E-state index in [2.05, 4.69) is 246 Å². The normalized spacial score (nSPS) is 11.5. The average molecular weight is 868 g/mol. The molecule has 0 radical (unpaired) electrons. The fourth-order valence-corrected chi connectivity index (χ4v) is 10.1. The zero-order valence-corrected chi connectivity index (χ0v) is 36.9. The number of hydrogen-bond acceptors (Lipinski definition) is 3. The van der Waals surface area contributed by atoms with Gasteiger partial charge in [0.05, 0.1) is 27.8 Å². The molecule has 0 aliphatic carbocycles. The highest BCUT2D eigenvalue weighted by molar-refractivity contribution is 6.24. The molecule has 0 amide bonds. The van der Waals surface area contributed by atoms with Crippen molar-refractivity contribution in [3.8, 4) is 78.9 Å². The van der Waals surface area contributed by atoms with E-state index < -0.39 is 0 Å². The van der Waals surface area contributed by atoms with Crippen molar-refractivity contribution in [2.45, 2.75) is 0 Å². The van der Waals surface area contributed by atoms with Gasteiger partial charge in [0.25, 0.3) is 0 Å². The fourth-order valence-electron chi connectivity index (χ4n) is 10.1. The molecular formula is C63H41N5. The van der Waals surface area contributed by atoms with Gasteiger partial charge in [-0.2, -0.15) is 9.97 Å². The van der Waals surface area contributed by atoms with Crippen LogP contribution in [0.15, 0.2) is 249 Å². The second kappa shape index (κ2) is 16.4. The molecule has 10 aromatic carbocycles. The third-order valence-electron chi connectivity index (χ3n) is 13.2. The van der Waals surface area contributed by atoms with E-state index in [-0.39, 0.29) is 0 Å². The Bertz CT molecular complexity index is 3990. The molecule has 0 saturated carbocycles. The maximum Gasteiger partial charge on any atom is 0.238 e. The molecule has 0 N–H and O–H groups in total. The zero-order valence-electron chi connectivity index (χ0n) is 36.9. The number of rotatable bonds is 8. The molecule has 0 bridgehead atoms. The van der Waals surface area contributed by atoms with Gasteiger partial charge in [-0.15, -0.1) is 0 Å². The maximum atomic E-state index is 5.54. The van der Waals surface area contributed by atoms with Gasteiger partial charge >= 0.3 is 0 Å². The van der Waals surface area contributed by atoms with Gasteiger partial charge < -0.3 is 4.57 Å². The summed E-state index contributed by atoms with van der Waals surface area (Å²) in [4.78, 5) is 16.4. The first-order chi connectivity index (χ1) is 33.7. The molecule has 5 heteroatoms. The first-order valence-electron chi connectivity index (χ1n) is 23.0. The highest BCUT2D eigenvalue weighted by Gasteiger charge is 2.25.